The van der Waals surface area contributed by atoms with E-state index in [1.165, 1.54) is 12.3 Å². The number of rotatable bonds is 6. The van der Waals surface area contributed by atoms with Crippen molar-refractivity contribution in [2.75, 3.05) is 20.6 Å². The molecule has 2 aromatic rings. The number of para-hydroxylation sites is 1. The highest BCUT2D eigenvalue weighted by atomic mass is 19.3. The number of alkyl halides is 2. The quantitative estimate of drug-likeness (QED) is 0.833. The molecule has 1 heterocycles. The molecule has 2 rings (SSSR count). The minimum Gasteiger partial charge on any atom is -0.348 e. The van der Waals surface area contributed by atoms with Gasteiger partial charge in [0.2, 0.25) is 5.91 Å². The number of aromatic nitrogens is 1. The van der Waals surface area contributed by atoms with E-state index in [1.807, 2.05) is 19.0 Å². The Labute approximate surface area is 128 Å². The van der Waals surface area contributed by atoms with E-state index in [0.29, 0.717) is 17.6 Å². The molecule has 22 heavy (non-hydrogen) atoms. The molecule has 0 bridgehead atoms. The topological polar surface area (TPSA) is 37.3 Å². The smallest absolute Gasteiger partial charge is 0.319 e. The summed E-state index contributed by atoms with van der Waals surface area (Å²) in [5.41, 5.74) is 1.13. The van der Waals surface area contributed by atoms with Crippen LogP contribution in [0.25, 0.3) is 10.9 Å². The van der Waals surface area contributed by atoms with E-state index in [0.717, 1.165) is 9.95 Å². The molecule has 0 unspecified atom stereocenters. The van der Waals surface area contributed by atoms with Gasteiger partial charge >= 0.3 is 6.55 Å². The third-order valence-electron chi connectivity index (χ3n) is 3.23. The molecule has 0 aliphatic rings. The third kappa shape index (κ3) is 3.92. The molecule has 0 spiro atoms. The molecule has 6 heteroatoms. The van der Waals surface area contributed by atoms with Crippen molar-refractivity contribution in [2.45, 2.75) is 13.1 Å². The highest BCUT2D eigenvalue weighted by molar-refractivity contribution is 5.88. The average molecular weight is 307 g/mol. The van der Waals surface area contributed by atoms with Crippen molar-refractivity contribution in [1.29, 1.82) is 0 Å². The second-order valence-electron chi connectivity index (χ2n) is 5.24. The molecule has 0 fully saturated rings. The van der Waals surface area contributed by atoms with E-state index in [2.05, 4.69) is 5.32 Å². The van der Waals surface area contributed by atoms with Crippen LogP contribution in [0.5, 0.6) is 0 Å². The van der Waals surface area contributed by atoms with Crippen molar-refractivity contribution in [1.82, 2.24) is 14.8 Å². The Hall–Kier alpha value is -2.21. The van der Waals surface area contributed by atoms with Crippen LogP contribution in [0.15, 0.2) is 42.6 Å². The van der Waals surface area contributed by atoms with Crippen molar-refractivity contribution >= 4 is 16.8 Å². The van der Waals surface area contributed by atoms with Crippen LogP contribution < -0.4 is 5.32 Å². The number of carbonyl (C=O) groups excluding carboxylic acids is 1. The predicted molar refractivity (Wildman–Crippen MR) is 82.7 cm³/mol. The summed E-state index contributed by atoms with van der Waals surface area (Å²) in [6, 6.07) is 6.93. The first-order valence-corrected chi connectivity index (χ1v) is 6.94. The molecular formula is C16H19F2N3O. The molecular weight excluding hydrogens is 288 g/mol. The maximum absolute atomic E-state index is 13.0. The van der Waals surface area contributed by atoms with Gasteiger partial charge in [0.25, 0.3) is 0 Å². The van der Waals surface area contributed by atoms with Gasteiger partial charge in [-0.3, -0.25) is 9.36 Å². The first kappa shape index (κ1) is 16.2. The molecule has 0 aliphatic carbocycles. The Morgan fingerprint density at radius 3 is 2.77 bits per heavy atom. The number of fused-ring (bicyclic) bond motifs is 1. The largest absolute Gasteiger partial charge is 0.348 e. The van der Waals surface area contributed by atoms with Crippen molar-refractivity contribution in [3.63, 3.8) is 0 Å². The van der Waals surface area contributed by atoms with Crippen LogP contribution in [0.2, 0.25) is 0 Å². The Bertz CT molecular complexity index is 677. The maximum Gasteiger partial charge on any atom is 0.319 e. The predicted octanol–water partition coefficient (Wildman–Crippen LogP) is 2.77. The highest BCUT2D eigenvalue weighted by Gasteiger charge is 2.13. The molecule has 4 nitrogen and oxygen atoms in total. The van der Waals surface area contributed by atoms with E-state index in [-0.39, 0.29) is 12.5 Å². The molecule has 1 amide bonds. The summed E-state index contributed by atoms with van der Waals surface area (Å²) in [6.45, 7) is -1.72. The molecule has 0 atom stereocenters. The lowest BCUT2D eigenvalue weighted by molar-refractivity contribution is -0.116. The number of halogens is 2. The first-order chi connectivity index (χ1) is 10.5. The summed E-state index contributed by atoms with van der Waals surface area (Å²) >= 11 is 0. The normalized spacial score (nSPS) is 11.9. The number of amides is 1. The SMILES string of the molecule is CN(C)C/C=C/C(=O)NCc1cn(C(F)F)c2ccccc12. The van der Waals surface area contributed by atoms with Crippen LogP contribution in [0.1, 0.15) is 12.1 Å². The van der Waals surface area contributed by atoms with E-state index >= 15 is 0 Å². The van der Waals surface area contributed by atoms with Gasteiger partial charge in [-0.15, -0.1) is 0 Å². The lowest BCUT2D eigenvalue weighted by Gasteiger charge is -2.04. The van der Waals surface area contributed by atoms with Crippen molar-refractivity contribution in [2.24, 2.45) is 0 Å². The average Bonchev–Trinajstić information content (AvgIpc) is 2.84. The summed E-state index contributed by atoms with van der Waals surface area (Å²) in [6.07, 6.45) is 4.59. The van der Waals surface area contributed by atoms with Gasteiger partial charge in [0, 0.05) is 30.7 Å². The number of benzene rings is 1. The number of carbonyl (C=O) groups is 1. The van der Waals surface area contributed by atoms with E-state index < -0.39 is 6.55 Å². The number of hydrogen-bond acceptors (Lipinski definition) is 2. The molecule has 0 saturated heterocycles. The third-order valence-corrected chi connectivity index (χ3v) is 3.23. The zero-order valence-electron chi connectivity index (χ0n) is 12.6. The maximum atomic E-state index is 13.0. The van der Waals surface area contributed by atoms with Crippen molar-refractivity contribution < 1.29 is 13.6 Å². The van der Waals surface area contributed by atoms with Crippen LogP contribution in [-0.4, -0.2) is 36.0 Å². The van der Waals surface area contributed by atoms with Crippen LogP contribution in [0.4, 0.5) is 8.78 Å². The van der Waals surface area contributed by atoms with E-state index in [9.17, 15) is 13.6 Å². The van der Waals surface area contributed by atoms with Crippen LogP contribution in [0, 0.1) is 0 Å². The first-order valence-electron chi connectivity index (χ1n) is 6.94. The Morgan fingerprint density at radius 1 is 1.36 bits per heavy atom. The summed E-state index contributed by atoms with van der Waals surface area (Å²) in [4.78, 5) is 13.6. The number of hydrogen-bond donors (Lipinski definition) is 1. The fourth-order valence-electron chi connectivity index (χ4n) is 2.19. The van der Waals surface area contributed by atoms with Crippen molar-refractivity contribution in [3.05, 3.63) is 48.2 Å². The van der Waals surface area contributed by atoms with Gasteiger partial charge in [-0.1, -0.05) is 24.3 Å². The fraction of sp³-hybridized carbons (Fsp3) is 0.312. The van der Waals surface area contributed by atoms with E-state index in [4.69, 9.17) is 0 Å². The summed E-state index contributed by atoms with van der Waals surface area (Å²) < 4.78 is 26.9. The molecule has 1 aromatic heterocycles. The molecule has 0 radical (unpaired) electrons. The van der Waals surface area contributed by atoms with Gasteiger partial charge < -0.3 is 10.2 Å². The van der Waals surface area contributed by atoms with Gasteiger partial charge in [-0.25, -0.2) is 0 Å². The second-order valence-corrected chi connectivity index (χ2v) is 5.24. The second kappa shape index (κ2) is 7.17. The number of nitrogens with one attached hydrogen (secondary N) is 1. The minimum absolute atomic E-state index is 0.214. The van der Waals surface area contributed by atoms with Gasteiger partial charge in [0.1, 0.15) is 0 Å². The van der Waals surface area contributed by atoms with Crippen molar-refractivity contribution in [3.8, 4) is 0 Å². The lowest BCUT2D eigenvalue weighted by atomic mass is 10.2. The molecule has 0 saturated carbocycles. The summed E-state index contributed by atoms with van der Waals surface area (Å²) in [5.74, 6) is -0.240. The van der Waals surface area contributed by atoms with Gasteiger partial charge in [-0.05, 0) is 25.7 Å². The Balaban J connectivity index is 2.09. The fourth-order valence-corrected chi connectivity index (χ4v) is 2.19. The zero-order chi connectivity index (χ0) is 16.1. The molecule has 118 valence electrons. The monoisotopic (exact) mass is 307 g/mol. The standard InChI is InChI=1S/C16H19F2N3O/c1-20(2)9-5-8-15(22)19-10-12-11-21(16(17)18)14-7-4-3-6-13(12)14/h3-8,11,16H,9-10H2,1-2H3,(H,19,22)/b8-5+. The zero-order valence-corrected chi connectivity index (χ0v) is 12.6. The van der Waals surface area contributed by atoms with E-state index in [1.54, 1.807) is 30.3 Å². The molecule has 1 N–H and O–H groups in total. The van der Waals surface area contributed by atoms with Gasteiger partial charge in [0.15, 0.2) is 0 Å². The van der Waals surface area contributed by atoms with Crippen LogP contribution in [0.3, 0.4) is 0 Å². The highest BCUT2D eigenvalue weighted by Crippen LogP contribution is 2.25. The Morgan fingerprint density at radius 2 is 2.09 bits per heavy atom. The van der Waals surface area contributed by atoms with Gasteiger partial charge in [-0.2, -0.15) is 8.78 Å². The summed E-state index contributed by atoms with van der Waals surface area (Å²) in [7, 11) is 3.81. The summed E-state index contributed by atoms with van der Waals surface area (Å²) in [5, 5.41) is 3.44. The van der Waals surface area contributed by atoms with Gasteiger partial charge in [0.05, 0.1) is 5.52 Å². The number of likely N-dealkylation sites (N-methyl/N-ethyl adjacent to an activating group) is 1. The molecule has 0 aliphatic heterocycles. The Kier molecular flexibility index (Phi) is 5.27. The van der Waals surface area contributed by atoms with Crippen LogP contribution in [-0.2, 0) is 11.3 Å². The minimum atomic E-state index is -2.60. The molecule has 1 aromatic carbocycles. The lowest BCUT2D eigenvalue weighted by Crippen LogP contribution is -2.21. The number of nitrogens with zero attached hydrogens (tertiary/aromatic N) is 2. The van der Waals surface area contributed by atoms with Crippen LogP contribution >= 0.6 is 0 Å².